The molecular formula is C15H13N3O. The number of hydrogen-bond acceptors (Lipinski definition) is 3. The van der Waals surface area contributed by atoms with Gasteiger partial charge in [0.05, 0.1) is 16.8 Å². The van der Waals surface area contributed by atoms with E-state index in [0.29, 0.717) is 11.3 Å². The van der Waals surface area contributed by atoms with Crippen molar-refractivity contribution in [1.29, 1.82) is 0 Å². The summed E-state index contributed by atoms with van der Waals surface area (Å²) in [4.78, 5) is 16.9. The number of para-hydroxylation sites is 1. The Morgan fingerprint density at radius 2 is 2.00 bits per heavy atom. The van der Waals surface area contributed by atoms with E-state index in [1.807, 2.05) is 31.2 Å². The van der Waals surface area contributed by atoms with Crippen molar-refractivity contribution in [3.05, 3.63) is 59.5 Å². The van der Waals surface area contributed by atoms with Crippen LogP contribution >= 0.6 is 0 Å². The number of carbonyl (C=O) groups is 1. The molecule has 0 saturated carbocycles. The van der Waals surface area contributed by atoms with Gasteiger partial charge in [0.15, 0.2) is 0 Å². The molecule has 19 heavy (non-hydrogen) atoms. The molecular weight excluding hydrogens is 238 g/mol. The Morgan fingerprint density at radius 1 is 1.21 bits per heavy atom. The summed E-state index contributed by atoms with van der Waals surface area (Å²) in [6, 6.07) is 11.2. The van der Waals surface area contributed by atoms with Gasteiger partial charge in [0.25, 0.3) is 0 Å². The summed E-state index contributed by atoms with van der Waals surface area (Å²) < 4.78 is 1.61. The Morgan fingerprint density at radius 3 is 2.74 bits per heavy atom. The SMILES string of the molecule is Cc1cc(C(=O)c2cccc3cccnc23)n(C)n1. The smallest absolute Gasteiger partial charge is 0.213 e. The van der Waals surface area contributed by atoms with Crippen molar-refractivity contribution < 1.29 is 4.79 Å². The van der Waals surface area contributed by atoms with Gasteiger partial charge in [-0.25, -0.2) is 0 Å². The summed E-state index contributed by atoms with van der Waals surface area (Å²) in [6.07, 6.45) is 1.70. The maximum Gasteiger partial charge on any atom is 0.213 e. The van der Waals surface area contributed by atoms with Crippen LogP contribution in [0.5, 0.6) is 0 Å². The first-order valence-electron chi connectivity index (χ1n) is 6.06. The Balaban J connectivity index is 2.19. The number of rotatable bonds is 2. The minimum atomic E-state index is -0.0487. The maximum absolute atomic E-state index is 12.6. The third-order valence-electron chi connectivity index (χ3n) is 3.11. The number of aryl methyl sites for hydroxylation is 2. The molecule has 1 aromatic carbocycles. The number of pyridine rings is 1. The molecule has 94 valence electrons. The highest BCUT2D eigenvalue weighted by Crippen LogP contribution is 2.19. The van der Waals surface area contributed by atoms with Crippen molar-refractivity contribution >= 4 is 16.7 Å². The summed E-state index contributed by atoms with van der Waals surface area (Å²) in [5.74, 6) is -0.0487. The number of benzene rings is 1. The third kappa shape index (κ3) is 1.91. The van der Waals surface area contributed by atoms with Gasteiger partial charge in [-0.2, -0.15) is 5.10 Å². The standard InChI is InChI=1S/C15H13N3O/c1-10-9-13(18(2)17-10)15(19)12-7-3-5-11-6-4-8-16-14(11)12/h3-9H,1-2H3. The first kappa shape index (κ1) is 11.6. The van der Waals surface area contributed by atoms with Crippen LogP contribution in [0.15, 0.2) is 42.6 Å². The Labute approximate surface area is 110 Å². The lowest BCUT2D eigenvalue weighted by Crippen LogP contribution is -2.09. The topological polar surface area (TPSA) is 47.8 Å². The molecule has 0 unspecified atom stereocenters. The molecule has 0 aliphatic heterocycles. The molecule has 2 aromatic heterocycles. The van der Waals surface area contributed by atoms with E-state index in [0.717, 1.165) is 16.6 Å². The van der Waals surface area contributed by atoms with Crippen LogP contribution in [0.4, 0.5) is 0 Å². The molecule has 0 N–H and O–H groups in total. The Kier molecular flexibility index (Phi) is 2.63. The molecule has 0 aliphatic rings. The van der Waals surface area contributed by atoms with Crippen LogP contribution in [-0.4, -0.2) is 20.5 Å². The zero-order chi connectivity index (χ0) is 13.4. The molecule has 4 nitrogen and oxygen atoms in total. The minimum absolute atomic E-state index is 0.0487. The van der Waals surface area contributed by atoms with Crippen LogP contribution in [0.1, 0.15) is 21.7 Å². The van der Waals surface area contributed by atoms with Gasteiger partial charge in [0, 0.05) is 18.6 Å². The first-order valence-corrected chi connectivity index (χ1v) is 6.06. The Bertz CT molecular complexity index is 769. The van der Waals surface area contributed by atoms with Crippen molar-refractivity contribution in [2.75, 3.05) is 0 Å². The average molecular weight is 251 g/mol. The molecule has 2 heterocycles. The van der Waals surface area contributed by atoms with E-state index in [4.69, 9.17) is 0 Å². The van der Waals surface area contributed by atoms with Crippen LogP contribution < -0.4 is 0 Å². The van der Waals surface area contributed by atoms with Crippen molar-refractivity contribution in [3.8, 4) is 0 Å². The predicted octanol–water partition coefficient (Wildman–Crippen LogP) is 2.51. The molecule has 0 aliphatic carbocycles. The van der Waals surface area contributed by atoms with Gasteiger partial charge in [0.1, 0.15) is 5.69 Å². The van der Waals surface area contributed by atoms with Crippen LogP contribution in [-0.2, 0) is 7.05 Å². The number of fused-ring (bicyclic) bond motifs is 1. The monoisotopic (exact) mass is 251 g/mol. The second-order valence-corrected chi connectivity index (χ2v) is 4.50. The molecule has 3 aromatic rings. The number of nitrogens with zero attached hydrogens (tertiary/aromatic N) is 3. The highest BCUT2D eigenvalue weighted by molar-refractivity contribution is 6.14. The zero-order valence-corrected chi connectivity index (χ0v) is 10.8. The lowest BCUT2D eigenvalue weighted by Gasteiger charge is -2.04. The minimum Gasteiger partial charge on any atom is -0.287 e. The fraction of sp³-hybridized carbons (Fsp3) is 0.133. The van der Waals surface area contributed by atoms with E-state index < -0.39 is 0 Å². The summed E-state index contributed by atoms with van der Waals surface area (Å²) in [6.45, 7) is 1.87. The fourth-order valence-corrected chi connectivity index (χ4v) is 2.25. The molecule has 0 amide bonds. The highest BCUT2D eigenvalue weighted by atomic mass is 16.1. The number of carbonyl (C=O) groups excluding carboxylic acids is 1. The summed E-state index contributed by atoms with van der Waals surface area (Å²) >= 11 is 0. The van der Waals surface area contributed by atoms with Gasteiger partial charge in [-0.3, -0.25) is 14.5 Å². The van der Waals surface area contributed by atoms with Crippen LogP contribution in [0, 0.1) is 6.92 Å². The normalized spacial score (nSPS) is 10.8. The van der Waals surface area contributed by atoms with E-state index >= 15 is 0 Å². The van der Waals surface area contributed by atoms with Gasteiger partial charge < -0.3 is 0 Å². The number of hydrogen-bond donors (Lipinski definition) is 0. The van der Waals surface area contributed by atoms with Crippen LogP contribution in [0.3, 0.4) is 0 Å². The van der Waals surface area contributed by atoms with Crippen molar-refractivity contribution in [1.82, 2.24) is 14.8 Å². The van der Waals surface area contributed by atoms with Gasteiger partial charge in [-0.05, 0) is 25.1 Å². The van der Waals surface area contributed by atoms with Gasteiger partial charge in [-0.1, -0.05) is 18.2 Å². The summed E-state index contributed by atoms with van der Waals surface area (Å²) in [5.41, 5.74) is 2.75. The molecule has 4 heteroatoms. The summed E-state index contributed by atoms with van der Waals surface area (Å²) in [7, 11) is 1.78. The van der Waals surface area contributed by atoms with E-state index in [9.17, 15) is 4.79 Å². The van der Waals surface area contributed by atoms with Crippen molar-refractivity contribution in [2.45, 2.75) is 6.92 Å². The number of aromatic nitrogens is 3. The maximum atomic E-state index is 12.6. The first-order chi connectivity index (χ1) is 9.16. The quantitative estimate of drug-likeness (QED) is 0.657. The fourth-order valence-electron chi connectivity index (χ4n) is 2.25. The third-order valence-corrected chi connectivity index (χ3v) is 3.11. The van der Waals surface area contributed by atoms with E-state index in [2.05, 4.69) is 10.1 Å². The van der Waals surface area contributed by atoms with Crippen LogP contribution in [0.25, 0.3) is 10.9 Å². The van der Waals surface area contributed by atoms with Crippen molar-refractivity contribution in [2.24, 2.45) is 7.05 Å². The van der Waals surface area contributed by atoms with E-state index in [1.54, 1.807) is 30.1 Å². The second kappa shape index (κ2) is 4.31. The molecule has 0 bridgehead atoms. The molecule has 0 atom stereocenters. The largest absolute Gasteiger partial charge is 0.287 e. The van der Waals surface area contributed by atoms with E-state index in [1.165, 1.54) is 0 Å². The van der Waals surface area contributed by atoms with Crippen LogP contribution in [0.2, 0.25) is 0 Å². The lowest BCUT2D eigenvalue weighted by atomic mass is 10.0. The number of ketones is 1. The highest BCUT2D eigenvalue weighted by Gasteiger charge is 2.17. The average Bonchev–Trinajstić information content (AvgIpc) is 2.76. The predicted molar refractivity (Wildman–Crippen MR) is 73.1 cm³/mol. The van der Waals surface area contributed by atoms with E-state index in [-0.39, 0.29) is 5.78 Å². The molecule has 0 fully saturated rings. The molecule has 0 spiro atoms. The van der Waals surface area contributed by atoms with Gasteiger partial charge in [-0.15, -0.1) is 0 Å². The van der Waals surface area contributed by atoms with Gasteiger partial charge >= 0.3 is 0 Å². The van der Waals surface area contributed by atoms with Gasteiger partial charge in [0.2, 0.25) is 5.78 Å². The summed E-state index contributed by atoms with van der Waals surface area (Å²) in [5, 5.41) is 5.18. The molecule has 0 saturated heterocycles. The second-order valence-electron chi connectivity index (χ2n) is 4.50. The zero-order valence-electron chi connectivity index (χ0n) is 10.8. The Hall–Kier alpha value is -2.49. The lowest BCUT2D eigenvalue weighted by molar-refractivity contribution is 0.103. The van der Waals surface area contributed by atoms with Crippen molar-refractivity contribution in [3.63, 3.8) is 0 Å². The molecule has 0 radical (unpaired) electrons. The molecule has 3 rings (SSSR count).